The summed E-state index contributed by atoms with van der Waals surface area (Å²) in [5, 5.41) is 0. The molecule has 1 aromatic heterocycles. The summed E-state index contributed by atoms with van der Waals surface area (Å²) in [7, 11) is 0. The molecule has 3 rings (SSSR count). The lowest BCUT2D eigenvalue weighted by molar-refractivity contribution is -0.124. The second-order valence-corrected chi connectivity index (χ2v) is 7.22. The number of carbonyl (C=O) groups is 2. The van der Waals surface area contributed by atoms with Crippen molar-refractivity contribution in [2.45, 2.75) is 39.7 Å². The fraction of sp³-hybridized carbons (Fsp3) is 0.526. The summed E-state index contributed by atoms with van der Waals surface area (Å²) in [5.74, 6) is -0.318. The number of thiazole rings is 1. The molecule has 6 nitrogen and oxygen atoms in total. The summed E-state index contributed by atoms with van der Waals surface area (Å²) < 4.78 is 13.5. The number of rotatable bonds is 7. The Hall–Kier alpha value is -1.99. The second kappa shape index (κ2) is 8.60. The van der Waals surface area contributed by atoms with Crippen LogP contribution in [0.1, 0.15) is 43.5 Å². The molecular weight excluding hydrogens is 352 g/mol. The highest BCUT2D eigenvalue weighted by Crippen LogP contribution is 2.27. The van der Waals surface area contributed by atoms with Crippen molar-refractivity contribution in [2.24, 2.45) is 10.9 Å². The number of aromatic nitrogens is 1. The largest absolute Gasteiger partial charge is 0.462 e. The van der Waals surface area contributed by atoms with E-state index in [9.17, 15) is 9.59 Å². The molecule has 140 valence electrons. The van der Waals surface area contributed by atoms with Crippen LogP contribution in [0.3, 0.4) is 0 Å². The zero-order valence-electron chi connectivity index (χ0n) is 15.2. The highest BCUT2D eigenvalue weighted by atomic mass is 32.1. The molecule has 1 aromatic carbocycles. The highest BCUT2D eigenvalue weighted by molar-refractivity contribution is 7.16. The van der Waals surface area contributed by atoms with E-state index in [1.165, 1.54) is 11.3 Å². The van der Waals surface area contributed by atoms with Gasteiger partial charge in [0.2, 0.25) is 0 Å². The van der Waals surface area contributed by atoms with E-state index in [1.54, 1.807) is 13.0 Å². The Labute approximate surface area is 156 Å². The first-order chi connectivity index (χ1) is 12.6. The minimum Gasteiger partial charge on any atom is -0.462 e. The van der Waals surface area contributed by atoms with E-state index in [2.05, 4.69) is 4.99 Å². The topological polar surface area (TPSA) is 69.9 Å². The van der Waals surface area contributed by atoms with Gasteiger partial charge in [0.25, 0.3) is 5.91 Å². The summed E-state index contributed by atoms with van der Waals surface area (Å²) >= 11 is 1.42. The molecule has 0 spiro atoms. The lowest BCUT2D eigenvalue weighted by Gasteiger charge is -2.20. The molecule has 0 unspecified atom stereocenters. The van der Waals surface area contributed by atoms with Crippen LogP contribution in [-0.4, -0.2) is 36.3 Å². The summed E-state index contributed by atoms with van der Waals surface area (Å²) in [6.45, 7) is 5.88. The number of ether oxygens (including phenoxy) is 2. The zero-order chi connectivity index (χ0) is 18.5. The van der Waals surface area contributed by atoms with Crippen LogP contribution >= 0.6 is 11.3 Å². The van der Waals surface area contributed by atoms with Gasteiger partial charge < -0.3 is 14.0 Å². The van der Waals surface area contributed by atoms with Crippen molar-refractivity contribution in [1.82, 2.24) is 4.57 Å². The van der Waals surface area contributed by atoms with E-state index in [4.69, 9.17) is 9.47 Å². The molecule has 1 aliphatic carbocycles. The molecule has 26 heavy (non-hydrogen) atoms. The third-order valence-corrected chi connectivity index (χ3v) is 5.56. The molecule has 0 N–H and O–H groups in total. The van der Waals surface area contributed by atoms with Gasteiger partial charge in [0, 0.05) is 19.1 Å². The lowest BCUT2D eigenvalue weighted by atomic mass is 9.85. The van der Waals surface area contributed by atoms with E-state index in [1.807, 2.05) is 23.6 Å². The lowest BCUT2D eigenvalue weighted by Crippen LogP contribution is -2.25. The molecule has 0 radical (unpaired) electrons. The highest BCUT2D eigenvalue weighted by Gasteiger charge is 2.25. The van der Waals surface area contributed by atoms with Crippen LogP contribution in [0.5, 0.6) is 0 Å². The maximum absolute atomic E-state index is 12.3. The van der Waals surface area contributed by atoms with Crippen molar-refractivity contribution in [3.63, 3.8) is 0 Å². The normalized spacial score (nSPS) is 15.2. The standard InChI is InChI=1S/C19H24N2O4S/c1-3-24-11-10-21-15-9-8-14(18(23)25-4-2)12-16(15)26-19(21)20-17(22)13-6-5-7-13/h8-9,12-13H,3-7,10-11H2,1-2H3. The number of fused-ring (bicyclic) bond motifs is 1. The molecular formula is C19H24N2O4S. The van der Waals surface area contributed by atoms with Gasteiger partial charge in [-0.05, 0) is 44.9 Å². The van der Waals surface area contributed by atoms with Gasteiger partial charge in [-0.2, -0.15) is 4.99 Å². The van der Waals surface area contributed by atoms with Crippen molar-refractivity contribution >= 4 is 33.4 Å². The van der Waals surface area contributed by atoms with Crippen LogP contribution in [0.15, 0.2) is 23.2 Å². The van der Waals surface area contributed by atoms with E-state index in [0.29, 0.717) is 36.7 Å². The van der Waals surface area contributed by atoms with Gasteiger partial charge >= 0.3 is 5.97 Å². The Bertz CT molecular complexity index is 864. The molecule has 0 saturated heterocycles. The minimum atomic E-state index is -0.340. The Morgan fingerprint density at radius 2 is 2.08 bits per heavy atom. The summed E-state index contributed by atoms with van der Waals surface area (Å²) in [6.07, 6.45) is 2.96. The Morgan fingerprint density at radius 3 is 2.73 bits per heavy atom. The summed E-state index contributed by atoms with van der Waals surface area (Å²) in [5.41, 5.74) is 1.46. The number of carbonyl (C=O) groups excluding carboxylic acids is 2. The quantitative estimate of drug-likeness (QED) is 0.550. The first-order valence-corrected chi connectivity index (χ1v) is 9.92. The monoisotopic (exact) mass is 376 g/mol. The van der Waals surface area contributed by atoms with Crippen molar-refractivity contribution in [3.05, 3.63) is 28.6 Å². The van der Waals surface area contributed by atoms with E-state index >= 15 is 0 Å². The first-order valence-electron chi connectivity index (χ1n) is 9.10. The molecule has 1 saturated carbocycles. The molecule has 1 fully saturated rings. The molecule has 1 heterocycles. The first kappa shape index (κ1) is 18.8. The molecule has 1 amide bonds. The van der Waals surface area contributed by atoms with E-state index in [-0.39, 0.29) is 17.8 Å². The summed E-state index contributed by atoms with van der Waals surface area (Å²) in [6, 6.07) is 5.45. The Morgan fingerprint density at radius 1 is 1.27 bits per heavy atom. The number of amides is 1. The third-order valence-electron chi connectivity index (χ3n) is 4.52. The molecule has 0 aliphatic heterocycles. The second-order valence-electron chi connectivity index (χ2n) is 6.21. The smallest absolute Gasteiger partial charge is 0.338 e. The van der Waals surface area contributed by atoms with Crippen molar-refractivity contribution < 1.29 is 19.1 Å². The van der Waals surface area contributed by atoms with Gasteiger partial charge in [-0.3, -0.25) is 4.79 Å². The Balaban J connectivity index is 1.99. The van der Waals surface area contributed by atoms with Crippen molar-refractivity contribution in [2.75, 3.05) is 19.8 Å². The molecule has 0 bridgehead atoms. The maximum Gasteiger partial charge on any atom is 0.338 e. The number of hydrogen-bond donors (Lipinski definition) is 0. The summed E-state index contributed by atoms with van der Waals surface area (Å²) in [4.78, 5) is 29.4. The Kier molecular flexibility index (Phi) is 6.21. The number of nitrogens with zero attached hydrogens (tertiary/aromatic N) is 2. The van der Waals surface area contributed by atoms with Gasteiger partial charge in [0.15, 0.2) is 4.80 Å². The molecule has 0 atom stereocenters. The van der Waals surface area contributed by atoms with Crippen LogP contribution in [0.25, 0.3) is 10.2 Å². The van der Waals surface area contributed by atoms with Gasteiger partial charge in [-0.1, -0.05) is 17.8 Å². The van der Waals surface area contributed by atoms with Crippen LogP contribution in [0.2, 0.25) is 0 Å². The average Bonchev–Trinajstić information content (AvgIpc) is 2.90. The zero-order valence-corrected chi connectivity index (χ0v) is 16.0. The predicted octanol–water partition coefficient (Wildman–Crippen LogP) is 3.14. The van der Waals surface area contributed by atoms with E-state index < -0.39 is 0 Å². The average molecular weight is 376 g/mol. The SMILES string of the molecule is CCOCCn1c(=NC(=O)C2CCC2)sc2cc(C(=O)OCC)ccc21. The van der Waals surface area contributed by atoms with Crippen LogP contribution in [0, 0.1) is 5.92 Å². The van der Waals surface area contributed by atoms with Gasteiger partial charge in [0.05, 0.1) is 29.0 Å². The van der Waals surface area contributed by atoms with Crippen molar-refractivity contribution in [1.29, 1.82) is 0 Å². The van der Waals surface area contributed by atoms with Gasteiger partial charge in [-0.15, -0.1) is 0 Å². The van der Waals surface area contributed by atoms with Crippen LogP contribution < -0.4 is 4.80 Å². The van der Waals surface area contributed by atoms with Crippen LogP contribution in [0.4, 0.5) is 0 Å². The number of esters is 1. The van der Waals surface area contributed by atoms with Gasteiger partial charge in [0.1, 0.15) is 0 Å². The minimum absolute atomic E-state index is 0.0430. The number of hydrogen-bond acceptors (Lipinski definition) is 5. The number of benzene rings is 1. The predicted molar refractivity (Wildman–Crippen MR) is 100 cm³/mol. The fourth-order valence-corrected chi connectivity index (χ4v) is 3.96. The van der Waals surface area contributed by atoms with Crippen LogP contribution in [-0.2, 0) is 20.8 Å². The molecule has 7 heteroatoms. The molecule has 1 aliphatic rings. The van der Waals surface area contributed by atoms with Crippen molar-refractivity contribution in [3.8, 4) is 0 Å². The maximum atomic E-state index is 12.3. The fourth-order valence-electron chi connectivity index (χ4n) is 2.86. The third kappa shape index (κ3) is 4.04. The van der Waals surface area contributed by atoms with E-state index in [0.717, 1.165) is 29.5 Å². The van der Waals surface area contributed by atoms with Gasteiger partial charge in [-0.25, -0.2) is 4.79 Å². The molecule has 2 aromatic rings.